The van der Waals surface area contributed by atoms with Gasteiger partial charge in [-0.1, -0.05) is 6.92 Å². The van der Waals surface area contributed by atoms with Crippen LogP contribution in [0.1, 0.15) is 31.1 Å². The summed E-state index contributed by atoms with van der Waals surface area (Å²) >= 11 is 5.22. The highest BCUT2D eigenvalue weighted by molar-refractivity contribution is 9.10. The second-order valence-corrected chi connectivity index (χ2v) is 6.30. The average molecular weight is 305 g/mol. The van der Waals surface area contributed by atoms with Crippen molar-refractivity contribution in [3.63, 3.8) is 0 Å². The van der Waals surface area contributed by atoms with Crippen molar-refractivity contribution in [2.45, 2.75) is 44.3 Å². The van der Waals surface area contributed by atoms with Gasteiger partial charge in [0.1, 0.15) is 0 Å². The molecule has 0 saturated carbocycles. The average Bonchev–Trinajstić information content (AvgIpc) is 2.64. The molecule has 1 aliphatic heterocycles. The molecule has 2 nitrogen and oxygen atoms in total. The second kappa shape index (κ2) is 5.17. The third kappa shape index (κ3) is 2.86. The van der Waals surface area contributed by atoms with Gasteiger partial charge < -0.3 is 9.84 Å². The molecule has 0 bridgehead atoms. The van der Waals surface area contributed by atoms with Gasteiger partial charge in [0.15, 0.2) is 0 Å². The first-order chi connectivity index (χ1) is 7.63. The predicted molar refractivity (Wildman–Crippen MR) is 69.9 cm³/mol. The van der Waals surface area contributed by atoms with Crippen molar-refractivity contribution in [1.29, 1.82) is 0 Å². The molecule has 0 aliphatic carbocycles. The first-order valence-corrected chi connectivity index (χ1v) is 7.36. The molecule has 0 radical (unpaired) electrons. The molecule has 16 heavy (non-hydrogen) atoms. The normalized spacial score (nSPS) is 30.6. The van der Waals surface area contributed by atoms with E-state index in [1.807, 2.05) is 6.07 Å². The number of hydrogen-bond donors (Lipinski definition) is 1. The Kier molecular flexibility index (Phi) is 4.06. The standard InChI is InChI=1S/C12H17BrO2S/c1-2-9-7-12(14,4-5-15-9)8-11-10(13)3-6-16-11/h3,6,9,14H,2,4-5,7-8H2,1H3. The minimum absolute atomic E-state index is 0.220. The van der Waals surface area contributed by atoms with Crippen molar-refractivity contribution in [2.75, 3.05) is 6.61 Å². The Morgan fingerprint density at radius 3 is 3.12 bits per heavy atom. The van der Waals surface area contributed by atoms with Crippen LogP contribution in [0.5, 0.6) is 0 Å². The van der Waals surface area contributed by atoms with Crippen LogP contribution >= 0.6 is 27.3 Å². The molecule has 2 rings (SSSR count). The van der Waals surface area contributed by atoms with E-state index in [0.717, 1.165) is 30.2 Å². The number of rotatable bonds is 3. The maximum absolute atomic E-state index is 10.6. The van der Waals surface area contributed by atoms with Gasteiger partial charge in [-0.2, -0.15) is 0 Å². The van der Waals surface area contributed by atoms with Gasteiger partial charge in [-0.25, -0.2) is 0 Å². The summed E-state index contributed by atoms with van der Waals surface area (Å²) in [7, 11) is 0. The highest BCUT2D eigenvalue weighted by Gasteiger charge is 2.35. The van der Waals surface area contributed by atoms with E-state index in [-0.39, 0.29) is 6.10 Å². The summed E-state index contributed by atoms with van der Waals surface area (Å²) in [6.45, 7) is 2.79. The maximum atomic E-state index is 10.6. The van der Waals surface area contributed by atoms with Gasteiger partial charge in [0.2, 0.25) is 0 Å². The second-order valence-electron chi connectivity index (χ2n) is 4.45. The molecule has 1 saturated heterocycles. The van der Waals surface area contributed by atoms with Gasteiger partial charge in [-0.15, -0.1) is 11.3 Å². The van der Waals surface area contributed by atoms with Crippen molar-refractivity contribution in [3.05, 3.63) is 20.8 Å². The lowest BCUT2D eigenvalue weighted by Crippen LogP contribution is -2.42. The van der Waals surface area contributed by atoms with Gasteiger partial charge in [0.05, 0.1) is 11.7 Å². The van der Waals surface area contributed by atoms with E-state index in [4.69, 9.17) is 4.74 Å². The van der Waals surface area contributed by atoms with E-state index >= 15 is 0 Å². The van der Waals surface area contributed by atoms with Crippen LogP contribution in [0.3, 0.4) is 0 Å². The van der Waals surface area contributed by atoms with Crippen LogP contribution < -0.4 is 0 Å². The third-order valence-corrected chi connectivity index (χ3v) is 5.09. The Labute approximate surface area is 109 Å². The lowest BCUT2D eigenvalue weighted by atomic mass is 9.86. The summed E-state index contributed by atoms with van der Waals surface area (Å²) in [5.74, 6) is 0. The Bertz CT molecular complexity index is 353. The Morgan fingerprint density at radius 2 is 2.50 bits per heavy atom. The van der Waals surface area contributed by atoms with Gasteiger partial charge in [0.25, 0.3) is 0 Å². The van der Waals surface area contributed by atoms with Crippen LogP contribution in [-0.4, -0.2) is 23.4 Å². The molecule has 0 amide bonds. The van der Waals surface area contributed by atoms with Crippen LogP contribution in [0.15, 0.2) is 15.9 Å². The largest absolute Gasteiger partial charge is 0.389 e. The molecular weight excluding hydrogens is 288 g/mol. The summed E-state index contributed by atoms with van der Waals surface area (Å²) in [6.07, 6.45) is 3.44. The molecular formula is C12H17BrO2S. The fourth-order valence-corrected chi connectivity index (χ4v) is 3.80. The summed E-state index contributed by atoms with van der Waals surface area (Å²) in [5.41, 5.74) is -0.577. The number of hydrogen-bond acceptors (Lipinski definition) is 3. The van der Waals surface area contributed by atoms with Crippen molar-refractivity contribution < 1.29 is 9.84 Å². The fourth-order valence-electron chi connectivity index (χ4n) is 2.17. The fraction of sp³-hybridized carbons (Fsp3) is 0.667. The van der Waals surface area contributed by atoms with Gasteiger partial charge >= 0.3 is 0 Å². The SMILES string of the molecule is CCC1CC(O)(Cc2sccc2Br)CCO1. The topological polar surface area (TPSA) is 29.5 Å². The van der Waals surface area contributed by atoms with Crippen LogP contribution in [-0.2, 0) is 11.2 Å². The van der Waals surface area contributed by atoms with Crippen LogP contribution in [0.25, 0.3) is 0 Å². The maximum Gasteiger partial charge on any atom is 0.0742 e. The lowest BCUT2D eigenvalue weighted by Gasteiger charge is -2.36. The van der Waals surface area contributed by atoms with E-state index in [2.05, 4.69) is 28.2 Å². The quantitative estimate of drug-likeness (QED) is 0.928. The van der Waals surface area contributed by atoms with Crippen molar-refractivity contribution in [3.8, 4) is 0 Å². The van der Waals surface area contributed by atoms with E-state index in [1.165, 1.54) is 4.88 Å². The third-order valence-electron chi connectivity index (χ3n) is 3.16. The molecule has 2 unspecified atom stereocenters. The summed E-state index contributed by atoms with van der Waals surface area (Å²) in [5, 5.41) is 12.6. The lowest BCUT2D eigenvalue weighted by molar-refractivity contribution is -0.103. The zero-order chi connectivity index (χ0) is 11.6. The van der Waals surface area contributed by atoms with E-state index < -0.39 is 5.60 Å². The smallest absolute Gasteiger partial charge is 0.0742 e. The Balaban J connectivity index is 2.05. The van der Waals surface area contributed by atoms with Crippen molar-refractivity contribution in [1.82, 2.24) is 0 Å². The first kappa shape index (κ1) is 12.6. The number of thiophene rings is 1. The summed E-state index contributed by atoms with van der Waals surface area (Å²) in [6, 6.07) is 2.04. The highest BCUT2D eigenvalue weighted by atomic mass is 79.9. The zero-order valence-electron chi connectivity index (χ0n) is 9.41. The van der Waals surface area contributed by atoms with Crippen LogP contribution in [0.4, 0.5) is 0 Å². The highest BCUT2D eigenvalue weighted by Crippen LogP contribution is 2.34. The molecule has 1 aliphatic rings. The van der Waals surface area contributed by atoms with E-state index in [1.54, 1.807) is 11.3 Å². The minimum Gasteiger partial charge on any atom is -0.389 e. The van der Waals surface area contributed by atoms with E-state index in [0.29, 0.717) is 6.61 Å². The van der Waals surface area contributed by atoms with Gasteiger partial charge in [-0.3, -0.25) is 0 Å². The molecule has 2 heterocycles. The van der Waals surface area contributed by atoms with Gasteiger partial charge in [0, 0.05) is 28.8 Å². The van der Waals surface area contributed by atoms with Crippen molar-refractivity contribution in [2.24, 2.45) is 0 Å². The monoisotopic (exact) mass is 304 g/mol. The number of ether oxygens (including phenoxy) is 1. The van der Waals surface area contributed by atoms with Crippen LogP contribution in [0.2, 0.25) is 0 Å². The Hall–Kier alpha value is 0.1000. The molecule has 1 aromatic rings. The number of aliphatic hydroxyl groups is 1. The first-order valence-electron chi connectivity index (χ1n) is 5.69. The van der Waals surface area contributed by atoms with E-state index in [9.17, 15) is 5.11 Å². The van der Waals surface area contributed by atoms with Crippen molar-refractivity contribution >= 4 is 27.3 Å². The summed E-state index contributed by atoms with van der Waals surface area (Å²) in [4.78, 5) is 1.24. The predicted octanol–water partition coefficient (Wildman–Crippen LogP) is 3.37. The number of halogens is 1. The molecule has 1 aromatic heterocycles. The molecule has 0 aromatic carbocycles. The minimum atomic E-state index is -0.577. The molecule has 1 N–H and O–H groups in total. The molecule has 4 heteroatoms. The molecule has 0 spiro atoms. The Morgan fingerprint density at radius 1 is 1.69 bits per heavy atom. The molecule has 90 valence electrons. The zero-order valence-corrected chi connectivity index (χ0v) is 11.8. The van der Waals surface area contributed by atoms with Gasteiger partial charge in [-0.05, 0) is 40.2 Å². The molecule has 2 atom stereocenters. The van der Waals surface area contributed by atoms with Crippen LogP contribution in [0, 0.1) is 0 Å². The molecule has 1 fully saturated rings. The summed E-state index contributed by atoms with van der Waals surface area (Å²) < 4.78 is 6.72.